The molecule has 0 aromatic rings. The van der Waals surface area contributed by atoms with Crippen LogP contribution in [0, 0.1) is 0 Å². The van der Waals surface area contributed by atoms with Crippen molar-refractivity contribution in [2.24, 2.45) is 0 Å². The van der Waals surface area contributed by atoms with Crippen LogP contribution in [-0.2, 0) is 0 Å². The fraction of sp³-hybridized carbons (Fsp3) is 1.00. The van der Waals surface area contributed by atoms with Crippen molar-refractivity contribution in [2.45, 2.75) is 32.2 Å². The highest BCUT2D eigenvalue weighted by Crippen LogP contribution is 2.07. The summed E-state index contributed by atoms with van der Waals surface area (Å²) in [5, 5.41) is 3.35. The predicted octanol–water partition coefficient (Wildman–Crippen LogP) is 1.15. The Morgan fingerprint density at radius 3 is 2.57 bits per heavy atom. The Morgan fingerprint density at radius 1 is 1.71 bits per heavy atom. The summed E-state index contributed by atoms with van der Waals surface area (Å²) in [5.41, 5.74) is 0. The number of hydrogen-bond acceptors (Lipinski definition) is 1. The maximum absolute atomic E-state index is 3.35. The van der Waals surface area contributed by atoms with E-state index in [4.69, 9.17) is 0 Å². The van der Waals surface area contributed by atoms with Gasteiger partial charge in [0.25, 0.3) is 0 Å². The van der Waals surface area contributed by atoms with Crippen LogP contribution in [0.4, 0.5) is 0 Å². The summed E-state index contributed by atoms with van der Waals surface area (Å²) in [7, 11) is 0. The monoisotopic (exact) mass is 99.1 g/mol. The summed E-state index contributed by atoms with van der Waals surface area (Å²) in [5.74, 6) is 0. The van der Waals surface area contributed by atoms with Gasteiger partial charge in [-0.2, -0.15) is 0 Å². The second-order valence-corrected chi connectivity index (χ2v) is 2.23. The van der Waals surface area contributed by atoms with Crippen LogP contribution in [0.15, 0.2) is 0 Å². The predicted molar refractivity (Wildman–Crippen MR) is 31.3 cm³/mol. The van der Waals surface area contributed by atoms with Crippen LogP contribution in [0.5, 0.6) is 0 Å². The van der Waals surface area contributed by atoms with E-state index in [2.05, 4.69) is 12.2 Å². The molecule has 42 valence electrons. The highest BCUT2D eigenvalue weighted by Gasteiger charge is 2.13. The standard InChI is InChI=1S/C6H13N/c1-2-3-6-4-5-7-6/h6-7H,2-5H2,1H3/t6-/m0/s1. The van der Waals surface area contributed by atoms with Gasteiger partial charge in [0.05, 0.1) is 0 Å². The molecule has 0 amide bonds. The highest BCUT2D eigenvalue weighted by molar-refractivity contribution is 4.75. The molecule has 1 fully saturated rings. The lowest BCUT2D eigenvalue weighted by molar-refractivity contribution is 0.348. The molecule has 0 spiro atoms. The maximum atomic E-state index is 3.35. The third-order valence-corrected chi connectivity index (χ3v) is 1.56. The van der Waals surface area contributed by atoms with Crippen molar-refractivity contribution in [2.75, 3.05) is 6.54 Å². The molecule has 7 heavy (non-hydrogen) atoms. The Morgan fingerprint density at radius 2 is 2.43 bits per heavy atom. The lowest BCUT2D eigenvalue weighted by Crippen LogP contribution is -2.42. The molecule has 0 unspecified atom stereocenters. The van der Waals surface area contributed by atoms with Gasteiger partial charge in [0, 0.05) is 6.04 Å². The van der Waals surface area contributed by atoms with Gasteiger partial charge in [0.15, 0.2) is 0 Å². The van der Waals surface area contributed by atoms with Crippen molar-refractivity contribution in [3.8, 4) is 0 Å². The molecule has 1 rings (SSSR count). The molecule has 1 atom stereocenters. The molecule has 1 saturated heterocycles. The smallest absolute Gasteiger partial charge is 0.00790 e. The summed E-state index contributed by atoms with van der Waals surface area (Å²) in [6.07, 6.45) is 4.12. The van der Waals surface area contributed by atoms with Crippen LogP contribution < -0.4 is 5.32 Å². The maximum Gasteiger partial charge on any atom is 0.00790 e. The molecule has 0 radical (unpaired) electrons. The molecular weight excluding hydrogens is 86.1 g/mol. The first kappa shape index (κ1) is 5.10. The molecule has 0 aromatic carbocycles. The number of rotatable bonds is 2. The molecule has 1 heterocycles. The zero-order chi connectivity index (χ0) is 5.11. The van der Waals surface area contributed by atoms with Crippen LogP contribution in [0.25, 0.3) is 0 Å². The van der Waals surface area contributed by atoms with E-state index < -0.39 is 0 Å². The summed E-state index contributed by atoms with van der Waals surface area (Å²) in [6, 6.07) is 0.880. The normalized spacial score (nSPS) is 29.6. The molecule has 0 aliphatic carbocycles. The van der Waals surface area contributed by atoms with Gasteiger partial charge >= 0.3 is 0 Å². The summed E-state index contributed by atoms with van der Waals surface area (Å²) in [4.78, 5) is 0. The van der Waals surface area contributed by atoms with Gasteiger partial charge in [0.1, 0.15) is 0 Å². The molecule has 1 aliphatic rings. The number of hydrogen-bond donors (Lipinski definition) is 1. The van der Waals surface area contributed by atoms with Crippen molar-refractivity contribution in [1.82, 2.24) is 5.32 Å². The average molecular weight is 99.2 g/mol. The number of nitrogens with one attached hydrogen (secondary N) is 1. The van der Waals surface area contributed by atoms with Gasteiger partial charge in [-0.25, -0.2) is 0 Å². The zero-order valence-electron chi connectivity index (χ0n) is 4.91. The molecule has 1 aliphatic heterocycles. The van der Waals surface area contributed by atoms with E-state index in [9.17, 15) is 0 Å². The quantitative estimate of drug-likeness (QED) is 0.547. The molecule has 0 aromatic heterocycles. The van der Waals surface area contributed by atoms with Gasteiger partial charge in [-0.15, -0.1) is 0 Å². The minimum absolute atomic E-state index is 0.880. The Kier molecular flexibility index (Phi) is 1.69. The van der Waals surface area contributed by atoms with Crippen LogP contribution >= 0.6 is 0 Å². The molecule has 1 N–H and O–H groups in total. The van der Waals surface area contributed by atoms with Gasteiger partial charge in [-0.05, 0) is 19.4 Å². The van der Waals surface area contributed by atoms with Crippen molar-refractivity contribution in [3.63, 3.8) is 0 Å². The Labute approximate surface area is 45.1 Å². The molecule has 0 bridgehead atoms. The zero-order valence-corrected chi connectivity index (χ0v) is 4.91. The van der Waals surface area contributed by atoms with E-state index >= 15 is 0 Å². The van der Waals surface area contributed by atoms with E-state index in [1.807, 2.05) is 0 Å². The first-order valence-electron chi connectivity index (χ1n) is 3.17. The Hall–Kier alpha value is -0.0400. The Bertz CT molecular complexity index is 48.1. The van der Waals surface area contributed by atoms with E-state index in [1.165, 1.54) is 25.8 Å². The first-order valence-corrected chi connectivity index (χ1v) is 3.17. The SMILES string of the molecule is CCC[C@H]1CCN1. The molecular formula is C6H13N. The van der Waals surface area contributed by atoms with Crippen LogP contribution in [0.2, 0.25) is 0 Å². The minimum Gasteiger partial charge on any atom is -0.314 e. The van der Waals surface area contributed by atoms with Gasteiger partial charge < -0.3 is 5.32 Å². The third kappa shape index (κ3) is 1.16. The second kappa shape index (κ2) is 2.31. The summed E-state index contributed by atoms with van der Waals surface area (Å²) >= 11 is 0. The van der Waals surface area contributed by atoms with E-state index in [0.717, 1.165) is 6.04 Å². The molecule has 1 nitrogen and oxygen atoms in total. The van der Waals surface area contributed by atoms with Crippen LogP contribution in [-0.4, -0.2) is 12.6 Å². The average Bonchev–Trinajstić information content (AvgIpc) is 1.55. The third-order valence-electron chi connectivity index (χ3n) is 1.56. The highest BCUT2D eigenvalue weighted by atomic mass is 15.0. The largest absolute Gasteiger partial charge is 0.314 e. The topological polar surface area (TPSA) is 12.0 Å². The van der Waals surface area contributed by atoms with Gasteiger partial charge in [-0.3, -0.25) is 0 Å². The van der Waals surface area contributed by atoms with Crippen molar-refractivity contribution in [3.05, 3.63) is 0 Å². The fourth-order valence-electron chi connectivity index (χ4n) is 0.943. The molecule has 1 heteroatoms. The molecule has 0 saturated carbocycles. The van der Waals surface area contributed by atoms with Crippen molar-refractivity contribution >= 4 is 0 Å². The van der Waals surface area contributed by atoms with Gasteiger partial charge in [-0.1, -0.05) is 13.3 Å². The first-order chi connectivity index (χ1) is 3.43. The van der Waals surface area contributed by atoms with Crippen LogP contribution in [0.1, 0.15) is 26.2 Å². The van der Waals surface area contributed by atoms with E-state index in [-0.39, 0.29) is 0 Å². The summed E-state index contributed by atoms with van der Waals surface area (Å²) in [6.45, 7) is 3.49. The van der Waals surface area contributed by atoms with E-state index in [1.54, 1.807) is 0 Å². The second-order valence-electron chi connectivity index (χ2n) is 2.23. The lowest BCUT2D eigenvalue weighted by Gasteiger charge is -2.26. The Balaban J connectivity index is 1.93. The van der Waals surface area contributed by atoms with Crippen molar-refractivity contribution in [1.29, 1.82) is 0 Å². The van der Waals surface area contributed by atoms with E-state index in [0.29, 0.717) is 0 Å². The fourth-order valence-corrected chi connectivity index (χ4v) is 0.943. The lowest BCUT2D eigenvalue weighted by atomic mass is 10.0. The van der Waals surface area contributed by atoms with Crippen molar-refractivity contribution < 1.29 is 0 Å². The van der Waals surface area contributed by atoms with Crippen LogP contribution in [0.3, 0.4) is 0 Å². The van der Waals surface area contributed by atoms with Gasteiger partial charge in [0.2, 0.25) is 0 Å². The summed E-state index contributed by atoms with van der Waals surface area (Å²) < 4.78 is 0. The minimum atomic E-state index is 0.880.